The van der Waals surface area contributed by atoms with Crippen LogP contribution in [0.3, 0.4) is 0 Å². The second-order valence-corrected chi connectivity index (χ2v) is 4.73. The van der Waals surface area contributed by atoms with Crippen LogP contribution < -0.4 is 0 Å². The fourth-order valence-corrected chi connectivity index (χ4v) is 1.90. The molecule has 0 unspecified atom stereocenters. The van der Waals surface area contributed by atoms with Gasteiger partial charge >= 0.3 is 5.97 Å². The summed E-state index contributed by atoms with van der Waals surface area (Å²) in [6.45, 7) is 8.82. The van der Waals surface area contributed by atoms with Gasteiger partial charge < -0.3 is 19.8 Å². The van der Waals surface area contributed by atoms with E-state index in [0.29, 0.717) is 0 Å². The first-order chi connectivity index (χ1) is 9.47. The Balaban J connectivity index is 2.53. The van der Waals surface area contributed by atoms with Crippen molar-refractivity contribution in [3.63, 3.8) is 0 Å². The average Bonchev–Trinajstić information content (AvgIpc) is 2.39. The normalized spacial score (nSPS) is 12.4. The molecule has 20 heavy (non-hydrogen) atoms. The fraction of sp³-hybridized carbons (Fsp3) is 0.533. The largest absolute Gasteiger partial charge is 0.508 e. The van der Waals surface area contributed by atoms with Gasteiger partial charge in [-0.15, -0.1) is 0 Å². The Hall–Kier alpha value is -1.75. The zero-order valence-corrected chi connectivity index (χ0v) is 12.3. The number of benzene rings is 1. The van der Waals surface area contributed by atoms with Crippen LogP contribution in [0.25, 0.3) is 0 Å². The summed E-state index contributed by atoms with van der Waals surface area (Å²) in [5.74, 6) is -0.936. The van der Waals surface area contributed by atoms with E-state index < -0.39 is 5.97 Å². The summed E-state index contributed by atoms with van der Waals surface area (Å²) in [6.07, 6.45) is 0.517. The zero-order chi connectivity index (χ0) is 15.1. The second-order valence-electron chi connectivity index (χ2n) is 4.73. The van der Waals surface area contributed by atoms with Crippen LogP contribution >= 0.6 is 0 Å². The van der Waals surface area contributed by atoms with Gasteiger partial charge in [-0.2, -0.15) is 0 Å². The van der Waals surface area contributed by atoms with Crippen molar-refractivity contribution < 1.29 is 19.7 Å². The molecule has 0 aromatic heterocycles. The van der Waals surface area contributed by atoms with E-state index in [1.165, 1.54) is 12.1 Å². The minimum absolute atomic E-state index is 0.0671. The minimum atomic E-state index is -0.574. The standard InChI is InChI=1S/C15H23NO4/c1-4-16(5-2)9-8-11(3)20-15(19)13-7-6-12(17)10-14(13)18/h6-7,10-11,17-18H,4-5,8-9H2,1-3H3/t11-/m1/s1. The number of esters is 1. The van der Waals surface area contributed by atoms with Crippen LogP contribution in [0.1, 0.15) is 37.6 Å². The van der Waals surface area contributed by atoms with Gasteiger partial charge in [-0.3, -0.25) is 0 Å². The second kappa shape index (κ2) is 7.75. The molecule has 112 valence electrons. The van der Waals surface area contributed by atoms with Crippen molar-refractivity contribution >= 4 is 5.97 Å². The van der Waals surface area contributed by atoms with Crippen LogP contribution in [0.5, 0.6) is 11.5 Å². The summed E-state index contributed by atoms with van der Waals surface area (Å²) in [5, 5.41) is 18.8. The predicted octanol–water partition coefficient (Wildman–Crippen LogP) is 2.38. The van der Waals surface area contributed by atoms with E-state index in [2.05, 4.69) is 18.7 Å². The highest BCUT2D eigenvalue weighted by molar-refractivity contribution is 5.92. The number of carbonyl (C=O) groups excluding carboxylic acids is 1. The third-order valence-corrected chi connectivity index (χ3v) is 3.26. The van der Waals surface area contributed by atoms with E-state index in [9.17, 15) is 15.0 Å². The van der Waals surface area contributed by atoms with Gasteiger partial charge in [0.2, 0.25) is 0 Å². The van der Waals surface area contributed by atoms with Crippen LogP contribution in [0.2, 0.25) is 0 Å². The molecule has 1 aromatic rings. The lowest BCUT2D eigenvalue weighted by atomic mass is 10.2. The molecule has 0 aliphatic carbocycles. The van der Waals surface area contributed by atoms with Gasteiger partial charge in [-0.25, -0.2) is 4.79 Å². The Bertz CT molecular complexity index is 443. The summed E-state index contributed by atoms with van der Waals surface area (Å²) >= 11 is 0. The summed E-state index contributed by atoms with van der Waals surface area (Å²) in [6, 6.07) is 3.82. The van der Waals surface area contributed by atoms with Gasteiger partial charge in [-0.1, -0.05) is 13.8 Å². The number of hydrogen-bond acceptors (Lipinski definition) is 5. The van der Waals surface area contributed by atoms with Gasteiger partial charge in [0, 0.05) is 12.6 Å². The van der Waals surface area contributed by atoms with E-state index in [1.54, 1.807) is 0 Å². The molecule has 0 amide bonds. The molecule has 0 aliphatic heterocycles. The number of nitrogens with zero attached hydrogens (tertiary/aromatic N) is 1. The van der Waals surface area contributed by atoms with E-state index in [4.69, 9.17) is 4.74 Å². The lowest BCUT2D eigenvalue weighted by Gasteiger charge is -2.20. The van der Waals surface area contributed by atoms with Crippen molar-refractivity contribution in [2.45, 2.75) is 33.3 Å². The molecule has 0 bridgehead atoms. The van der Waals surface area contributed by atoms with Crippen molar-refractivity contribution in [1.82, 2.24) is 4.90 Å². The molecular formula is C15H23NO4. The number of ether oxygens (including phenoxy) is 1. The quantitative estimate of drug-likeness (QED) is 0.751. The number of phenols is 2. The number of rotatable bonds is 7. The molecule has 2 N–H and O–H groups in total. The van der Waals surface area contributed by atoms with Gasteiger partial charge in [0.25, 0.3) is 0 Å². The van der Waals surface area contributed by atoms with Crippen LogP contribution in [0.4, 0.5) is 0 Å². The highest BCUT2D eigenvalue weighted by Gasteiger charge is 2.16. The van der Waals surface area contributed by atoms with Crippen molar-refractivity contribution in [2.75, 3.05) is 19.6 Å². The van der Waals surface area contributed by atoms with E-state index in [1.807, 2.05) is 6.92 Å². The third kappa shape index (κ3) is 4.74. The Morgan fingerprint density at radius 2 is 1.95 bits per heavy atom. The Kier molecular flexibility index (Phi) is 6.31. The molecule has 0 saturated carbocycles. The van der Waals surface area contributed by atoms with Gasteiger partial charge in [-0.05, 0) is 38.6 Å². The Labute approximate surface area is 119 Å². The van der Waals surface area contributed by atoms with E-state index in [0.717, 1.165) is 32.1 Å². The lowest BCUT2D eigenvalue weighted by molar-refractivity contribution is 0.0301. The molecule has 5 heteroatoms. The summed E-state index contributed by atoms with van der Waals surface area (Å²) < 4.78 is 5.29. The lowest BCUT2D eigenvalue weighted by Crippen LogP contribution is -2.27. The van der Waals surface area contributed by atoms with Gasteiger partial charge in [0.05, 0.1) is 0 Å². The number of aromatic hydroxyl groups is 2. The zero-order valence-electron chi connectivity index (χ0n) is 12.3. The molecule has 0 aliphatic rings. The van der Waals surface area contributed by atoms with Gasteiger partial charge in [0.1, 0.15) is 23.2 Å². The molecule has 1 atom stereocenters. The van der Waals surface area contributed by atoms with Gasteiger partial charge in [0.15, 0.2) is 0 Å². The average molecular weight is 281 g/mol. The van der Waals surface area contributed by atoms with E-state index >= 15 is 0 Å². The number of hydrogen-bond donors (Lipinski definition) is 2. The molecule has 5 nitrogen and oxygen atoms in total. The molecule has 0 radical (unpaired) electrons. The van der Waals surface area contributed by atoms with Crippen LogP contribution in [-0.4, -0.2) is 46.8 Å². The molecule has 1 aromatic carbocycles. The minimum Gasteiger partial charge on any atom is -0.508 e. The maximum atomic E-state index is 11.9. The predicted molar refractivity (Wildman–Crippen MR) is 77.1 cm³/mol. The molecule has 0 saturated heterocycles. The van der Waals surface area contributed by atoms with Crippen molar-refractivity contribution in [2.24, 2.45) is 0 Å². The molecule has 1 rings (SSSR count). The molecule has 0 spiro atoms. The summed E-state index contributed by atoms with van der Waals surface area (Å²) in [5.41, 5.74) is 0.0671. The summed E-state index contributed by atoms with van der Waals surface area (Å²) in [4.78, 5) is 14.1. The van der Waals surface area contributed by atoms with Crippen LogP contribution in [0.15, 0.2) is 18.2 Å². The van der Waals surface area contributed by atoms with Crippen molar-refractivity contribution in [1.29, 1.82) is 0 Å². The smallest absolute Gasteiger partial charge is 0.342 e. The highest BCUT2D eigenvalue weighted by atomic mass is 16.5. The molecular weight excluding hydrogens is 258 g/mol. The maximum Gasteiger partial charge on any atom is 0.342 e. The van der Waals surface area contributed by atoms with E-state index in [-0.39, 0.29) is 23.2 Å². The van der Waals surface area contributed by atoms with Crippen LogP contribution in [-0.2, 0) is 4.74 Å². The maximum absolute atomic E-state index is 11.9. The Morgan fingerprint density at radius 3 is 2.50 bits per heavy atom. The number of phenolic OH excluding ortho intramolecular Hbond substituents is 2. The highest BCUT2D eigenvalue weighted by Crippen LogP contribution is 2.23. The first-order valence-corrected chi connectivity index (χ1v) is 6.93. The monoisotopic (exact) mass is 281 g/mol. The first-order valence-electron chi connectivity index (χ1n) is 6.93. The first kappa shape index (κ1) is 16.3. The third-order valence-electron chi connectivity index (χ3n) is 3.26. The topological polar surface area (TPSA) is 70.0 Å². The van der Waals surface area contributed by atoms with Crippen molar-refractivity contribution in [3.05, 3.63) is 23.8 Å². The SMILES string of the molecule is CCN(CC)CC[C@@H](C)OC(=O)c1ccc(O)cc1O. The fourth-order valence-electron chi connectivity index (χ4n) is 1.90. The van der Waals surface area contributed by atoms with Crippen LogP contribution in [0, 0.1) is 0 Å². The molecule has 0 heterocycles. The van der Waals surface area contributed by atoms with Crippen molar-refractivity contribution in [3.8, 4) is 11.5 Å². The molecule has 0 fully saturated rings. The summed E-state index contributed by atoms with van der Waals surface area (Å²) in [7, 11) is 0. The Morgan fingerprint density at radius 1 is 1.30 bits per heavy atom. The number of carbonyl (C=O) groups is 1.